The summed E-state index contributed by atoms with van der Waals surface area (Å²) in [5, 5.41) is 26.1. The number of halogens is 6. The molecule has 12 nitrogen and oxygen atoms in total. The monoisotopic (exact) mass is 950 g/mol. The molecule has 2 aromatic heterocycles. The van der Waals surface area contributed by atoms with Crippen LogP contribution in [0.15, 0.2) is 107 Å². The molecular formula is C50H56F6N6O6. The van der Waals surface area contributed by atoms with Gasteiger partial charge in [0.05, 0.1) is 37.0 Å². The first kappa shape index (κ1) is 50.1. The van der Waals surface area contributed by atoms with E-state index in [-0.39, 0.29) is 62.3 Å². The van der Waals surface area contributed by atoms with Crippen molar-refractivity contribution < 1.29 is 46.1 Å². The molecule has 0 aliphatic carbocycles. The molecule has 4 aromatic rings. The number of likely N-dealkylation sites (tertiary alicyclic amines) is 2. The minimum Gasteiger partial charge on any atom is -0.396 e. The van der Waals surface area contributed by atoms with E-state index in [4.69, 9.17) is 0 Å². The number of nitrogens with one attached hydrogen (secondary N) is 2. The van der Waals surface area contributed by atoms with Crippen molar-refractivity contribution in [3.05, 3.63) is 151 Å². The summed E-state index contributed by atoms with van der Waals surface area (Å²) in [4.78, 5) is 55.5. The number of rotatable bonds is 14. The Labute approximate surface area is 389 Å². The predicted molar refractivity (Wildman–Crippen MR) is 243 cm³/mol. The van der Waals surface area contributed by atoms with Gasteiger partial charge in [-0.1, -0.05) is 85.0 Å². The lowest BCUT2D eigenvalue weighted by Crippen LogP contribution is -2.49. The van der Waals surface area contributed by atoms with E-state index >= 15 is 0 Å². The van der Waals surface area contributed by atoms with Crippen molar-refractivity contribution in [1.29, 1.82) is 0 Å². The molecule has 2 saturated heterocycles. The van der Waals surface area contributed by atoms with E-state index in [0.717, 1.165) is 11.1 Å². The predicted octanol–water partition coefficient (Wildman–Crippen LogP) is 6.23. The first-order chi connectivity index (χ1) is 32.5. The Bertz CT molecular complexity index is 2400. The summed E-state index contributed by atoms with van der Waals surface area (Å²) in [5.74, 6) is -2.73. The number of carbonyl (C=O) groups is 2. The zero-order valence-corrected chi connectivity index (χ0v) is 37.7. The van der Waals surface area contributed by atoms with Gasteiger partial charge in [0.15, 0.2) is 0 Å². The minimum atomic E-state index is -4.40. The zero-order chi connectivity index (χ0) is 48.9. The van der Waals surface area contributed by atoms with E-state index in [1.807, 2.05) is 60.7 Å². The van der Waals surface area contributed by atoms with Crippen LogP contribution in [0.5, 0.6) is 0 Å². The Hall–Kier alpha value is -5.82. The van der Waals surface area contributed by atoms with Crippen molar-refractivity contribution >= 4 is 24.0 Å². The lowest BCUT2D eigenvalue weighted by molar-refractivity contribution is -0.143. The molecule has 68 heavy (non-hydrogen) atoms. The van der Waals surface area contributed by atoms with Crippen LogP contribution in [0.25, 0.3) is 12.2 Å². The molecule has 0 bridgehead atoms. The Kier molecular flexibility index (Phi) is 15.6. The average molecular weight is 951 g/mol. The number of fused-ring (bicyclic) bond motifs is 6. The van der Waals surface area contributed by atoms with Gasteiger partial charge in [-0.25, -0.2) is 0 Å². The second-order valence-electron chi connectivity index (χ2n) is 17.7. The standard InChI is InChI=1S/2C25H28F3N3O3/c2*1-2-6-17-9-10-20-21-18(14-31(20)24(17)34)19(15-32)22(30(21)12-11-25(26,27)28)23(33)29-13-16-7-4-3-5-8-16/h2*2-10,18-19,21-22,32H,11-15H2,1H3,(H,29,33)/b6-2+;6-2-/t2*18-,19-,21+,22-/m00/s1. The van der Waals surface area contributed by atoms with Gasteiger partial charge in [-0.2, -0.15) is 26.3 Å². The number of allylic oxidation sites excluding steroid dienone is 2. The number of hydrogen-bond acceptors (Lipinski definition) is 8. The maximum atomic E-state index is 13.2. The zero-order valence-electron chi connectivity index (χ0n) is 37.7. The number of aliphatic hydroxyl groups excluding tert-OH is 2. The molecule has 364 valence electrons. The molecule has 4 aliphatic heterocycles. The Morgan fingerprint density at radius 2 is 0.971 bits per heavy atom. The van der Waals surface area contributed by atoms with Crippen molar-refractivity contribution in [3.8, 4) is 0 Å². The van der Waals surface area contributed by atoms with Gasteiger partial charge in [-0.3, -0.25) is 29.0 Å². The van der Waals surface area contributed by atoms with Gasteiger partial charge in [-0.05, 0) is 49.2 Å². The lowest BCUT2D eigenvalue weighted by atomic mass is 9.88. The van der Waals surface area contributed by atoms with E-state index in [0.29, 0.717) is 22.5 Å². The van der Waals surface area contributed by atoms with Gasteiger partial charge < -0.3 is 30.0 Å². The van der Waals surface area contributed by atoms with Crippen molar-refractivity contribution in [2.24, 2.45) is 23.7 Å². The highest BCUT2D eigenvalue weighted by Crippen LogP contribution is 2.51. The number of carbonyl (C=O) groups excluding carboxylic acids is 2. The van der Waals surface area contributed by atoms with E-state index in [1.54, 1.807) is 71.6 Å². The van der Waals surface area contributed by atoms with Crippen LogP contribution in [0.4, 0.5) is 26.3 Å². The topological polar surface area (TPSA) is 149 Å². The van der Waals surface area contributed by atoms with Crippen LogP contribution in [-0.2, 0) is 35.8 Å². The molecule has 2 amide bonds. The van der Waals surface area contributed by atoms with Gasteiger partial charge in [0.2, 0.25) is 11.8 Å². The molecule has 0 radical (unpaired) electrons. The average Bonchev–Trinajstić information content (AvgIpc) is 4.05. The largest absolute Gasteiger partial charge is 0.396 e. The van der Waals surface area contributed by atoms with Crippen molar-refractivity contribution in [2.75, 3.05) is 26.3 Å². The van der Waals surface area contributed by atoms with Crippen LogP contribution in [0, 0.1) is 23.7 Å². The van der Waals surface area contributed by atoms with E-state index in [1.165, 1.54) is 9.80 Å². The highest BCUT2D eigenvalue weighted by molar-refractivity contribution is 5.83. The van der Waals surface area contributed by atoms with E-state index < -0.39 is 86.1 Å². The highest BCUT2D eigenvalue weighted by Gasteiger charge is 2.57. The smallest absolute Gasteiger partial charge is 0.390 e. The van der Waals surface area contributed by atoms with Gasteiger partial charge in [0.1, 0.15) is 0 Å². The molecule has 4 N–H and O–H groups in total. The van der Waals surface area contributed by atoms with Crippen LogP contribution in [0.1, 0.15) is 72.4 Å². The molecule has 8 rings (SSSR count). The first-order valence-electron chi connectivity index (χ1n) is 22.7. The molecule has 18 heteroatoms. The maximum absolute atomic E-state index is 13.2. The lowest BCUT2D eigenvalue weighted by Gasteiger charge is -2.31. The van der Waals surface area contributed by atoms with Gasteiger partial charge >= 0.3 is 12.4 Å². The summed E-state index contributed by atoms with van der Waals surface area (Å²) in [6, 6.07) is 22.3. The van der Waals surface area contributed by atoms with Crippen LogP contribution >= 0.6 is 0 Å². The minimum absolute atomic E-state index is 0.220. The van der Waals surface area contributed by atoms with Crippen LogP contribution in [0.2, 0.25) is 0 Å². The summed E-state index contributed by atoms with van der Waals surface area (Å²) < 4.78 is 82.3. The highest BCUT2D eigenvalue weighted by atomic mass is 19.4. The van der Waals surface area contributed by atoms with Gasteiger partial charge in [0.25, 0.3) is 11.1 Å². The summed E-state index contributed by atoms with van der Waals surface area (Å²) in [5.41, 5.74) is 3.45. The Balaban J connectivity index is 0.000000201. The number of benzene rings is 2. The molecule has 0 spiro atoms. The number of aromatic nitrogens is 2. The molecule has 2 fully saturated rings. The molecular weight excluding hydrogens is 895 g/mol. The van der Waals surface area contributed by atoms with E-state index in [2.05, 4.69) is 10.6 Å². The summed E-state index contributed by atoms with van der Waals surface area (Å²) in [6.45, 7) is 3.05. The third kappa shape index (κ3) is 10.7. The SMILES string of the molecule is C/C=C/c1ccc2n(c1=O)C[C@H]1[C@H](CO)[C@@H](C(=O)NCc3ccccc3)N(CCC(F)(F)F)[C@@H]21.C/C=C\c1ccc2n(c1=O)C[C@H]1[C@H](CO)[C@@H](C(=O)NCc3ccccc3)N(CCC(F)(F)F)[C@@H]21. The van der Waals surface area contributed by atoms with Crippen molar-refractivity contribution in [1.82, 2.24) is 29.6 Å². The van der Waals surface area contributed by atoms with Crippen LogP contribution in [-0.4, -0.2) is 91.7 Å². The Morgan fingerprint density at radius 1 is 0.603 bits per heavy atom. The molecule has 8 atom stereocenters. The third-order valence-electron chi connectivity index (χ3n) is 13.6. The quantitative estimate of drug-likeness (QED) is 0.109. The maximum Gasteiger partial charge on any atom is 0.390 e. The number of amides is 2. The number of pyridine rings is 2. The second kappa shape index (κ2) is 21.2. The molecule has 2 aromatic carbocycles. The molecule has 0 saturated carbocycles. The number of aliphatic hydroxyl groups is 2. The van der Waals surface area contributed by atoms with Crippen molar-refractivity contribution in [2.45, 2.75) is 89.4 Å². The summed E-state index contributed by atoms with van der Waals surface area (Å²) in [7, 11) is 0. The summed E-state index contributed by atoms with van der Waals surface area (Å²) in [6.07, 6.45) is -4.09. The fourth-order valence-corrected chi connectivity index (χ4v) is 10.7. The van der Waals surface area contributed by atoms with Crippen LogP contribution in [0.3, 0.4) is 0 Å². The first-order valence-corrected chi connectivity index (χ1v) is 22.7. The fraction of sp³-hybridized carbons (Fsp3) is 0.440. The van der Waals surface area contributed by atoms with Crippen molar-refractivity contribution in [3.63, 3.8) is 0 Å². The van der Waals surface area contributed by atoms with Crippen LogP contribution < -0.4 is 21.8 Å². The molecule has 4 aliphatic rings. The molecule has 6 heterocycles. The van der Waals surface area contributed by atoms with Gasteiger partial charge in [-0.15, -0.1) is 0 Å². The third-order valence-corrected chi connectivity index (χ3v) is 13.6. The van der Waals surface area contributed by atoms with Gasteiger partial charge in [0, 0.05) is 98.7 Å². The number of nitrogens with zero attached hydrogens (tertiary/aromatic N) is 4. The normalized spacial score (nSPS) is 24.4. The molecule has 0 unspecified atom stereocenters. The number of alkyl halides is 6. The fourth-order valence-electron chi connectivity index (χ4n) is 10.7. The number of hydrogen-bond donors (Lipinski definition) is 4. The van der Waals surface area contributed by atoms with E-state index in [9.17, 15) is 55.7 Å². The second-order valence-corrected chi connectivity index (χ2v) is 17.7. The Morgan fingerprint density at radius 3 is 1.29 bits per heavy atom. The summed E-state index contributed by atoms with van der Waals surface area (Å²) >= 11 is 0.